The van der Waals surface area contributed by atoms with Crippen LogP contribution in [-0.2, 0) is 16.4 Å². The molecule has 3 rings (SSSR count). The van der Waals surface area contributed by atoms with E-state index in [0.29, 0.717) is 16.6 Å². The van der Waals surface area contributed by atoms with E-state index in [1.165, 1.54) is 18.3 Å². The predicted molar refractivity (Wildman–Crippen MR) is 74.1 cm³/mol. The van der Waals surface area contributed by atoms with Crippen molar-refractivity contribution in [2.24, 2.45) is 0 Å². The Morgan fingerprint density at radius 2 is 2.26 bits per heavy atom. The monoisotopic (exact) mass is 344 g/mol. The lowest BCUT2D eigenvalue weighted by Crippen LogP contribution is -2.33. The zero-order chi connectivity index (χ0) is 16.7. The first-order chi connectivity index (χ1) is 10.8. The highest BCUT2D eigenvalue weighted by atomic mass is 32.2. The fourth-order valence-corrected chi connectivity index (χ4v) is 4.01. The second kappa shape index (κ2) is 5.60. The molecule has 23 heavy (non-hydrogen) atoms. The molecule has 0 bridgehead atoms. The normalized spacial score (nSPS) is 21.6. The third-order valence-corrected chi connectivity index (χ3v) is 5.39. The van der Waals surface area contributed by atoms with Gasteiger partial charge in [-0.25, -0.2) is 17.2 Å². The van der Waals surface area contributed by atoms with Gasteiger partial charge in [-0.2, -0.15) is 9.29 Å². The van der Waals surface area contributed by atoms with Gasteiger partial charge in [-0.15, -0.1) is 0 Å². The summed E-state index contributed by atoms with van der Waals surface area (Å²) in [4.78, 5) is 7.58. The Bertz CT molecular complexity index is 795. The average molecular weight is 344 g/mol. The second-order valence-corrected chi connectivity index (χ2v) is 7.11. The number of aromatic nitrogens is 3. The molecule has 1 saturated heterocycles. The molecule has 1 fully saturated rings. The van der Waals surface area contributed by atoms with Crippen molar-refractivity contribution in [3.63, 3.8) is 0 Å². The molecule has 0 saturated carbocycles. The second-order valence-electron chi connectivity index (χ2n) is 5.22. The Balaban J connectivity index is 2.01. The van der Waals surface area contributed by atoms with Crippen LogP contribution in [0.25, 0.3) is 0 Å². The van der Waals surface area contributed by atoms with Gasteiger partial charge in [0.15, 0.2) is 5.82 Å². The van der Waals surface area contributed by atoms with Crippen LogP contribution in [0.5, 0.6) is 0 Å². The van der Waals surface area contributed by atoms with Crippen molar-refractivity contribution in [3.05, 3.63) is 36.2 Å². The van der Waals surface area contributed by atoms with Crippen molar-refractivity contribution in [2.75, 3.05) is 6.54 Å². The van der Waals surface area contributed by atoms with Crippen LogP contribution in [0, 0.1) is 0 Å². The first kappa shape index (κ1) is 15.9. The summed E-state index contributed by atoms with van der Waals surface area (Å²) in [6.45, 7) is 0.848. The molecule has 1 atom stereocenters. The number of aryl methyl sites for hydroxylation is 1. The van der Waals surface area contributed by atoms with Gasteiger partial charge in [-0.05, 0) is 12.1 Å². The van der Waals surface area contributed by atoms with Crippen LogP contribution in [-0.4, -0.2) is 40.3 Å². The minimum Gasteiger partial charge on any atom is -0.338 e. The van der Waals surface area contributed by atoms with Gasteiger partial charge in [0.2, 0.25) is 15.9 Å². The summed E-state index contributed by atoms with van der Waals surface area (Å²) in [6, 6.07) is 1.54. The quantitative estimate of drug-likeness (QED) is 0.840. The van der Waals surface area contributed by atoms with E-state index in [1.54, 1.807) is 6.92 Å². The maximum absolute atomic E-state index is 13.9. The SMILES string of the molecule is CCc1noc([C@@H]2CC(F)(F)CN2S(=O)(=O)c2cccnc2)n1. The molecule has 0 radical (unpaired) electrons. The molecule has 2 aromatic rings. The smallest absolute Gasteiger partial charge is 0.263 e. The van der Waals surface area contributed by atoms with Crippen LogP contribution >= 0.6 is 0 Å². The molecule has 0 aliphatic carbocycles. The molecule has 1 aliphatic heterocycles. The number of halogens is 2. The Kier molecular flexibility index (Phi) is 3.88. The van der Waals surface area contributed by atoms with E-state index < -0.39 is 35.0 Å². The molecule has 0 N–H and O–H groups in total. The van der Waals surface area contributed by atoms with Gasteiger partial charge in [0.1, 0.15) is 10.9 Å². The first-order valence-corrected chi connectivity index (χ1v) is 8.40. The maximum atomic E-state index is 13.9. The zero-order valence-electron chi connectivity index (χ0n) is 12.2. The number of hydrogen-bond donors (Lipinski definition) is 0. The molecular formula is C13H14F2N4O3S. The third kappa shape index (κ3) is 2.95. The maximum Gasteiger partial charge on any atom is 0.263 e. The number of sulfonamides is 1. The highest BCUT2D eigenvalue weighted by Crippen LogP contribution is 2.43. The summed E-state index contributed by atoms with van der Waals surface area (Å²) in [5, 5.41) is 3.65. The number of hydrogen-bond acceptors (Lipinski definition) is 6. The first-order valence-electron chi connectivity index (χ1n) is 6.96. The summed E-state index contributed by atoms with van der Waals surface area (Å²) in [7, 11) is -4.14. The predicted octanol–water partition coefficient (Wildman–Crippen LogP) is 1.80. The third-order valence-electron chi connectivity index (χ3n) is 3.55. The molecule has 3 heterocycles. The van der Waals surface area contributed by atoms with Gasteiger partial charge >= 0.3 is 0 Å². The largest absolute Gasteiger partial charge is 0.338 e. The van der Waals surface area contributed by atoms with E-state index >= 15 is 0 Å². The topological polar surface area (TPSA) is 89.2 Å². The molecule has 7 nitrogen and oxygen atoms in total. The van der Waals surface area contributed by atoms with Crippen molar-refractivity contribution in [1.82, 2.24) is 19.4 Å². The molecule has 0 aromatic carbocycles. The number of alkyl halides is 2. The van der Waals surface area contributed by atoms with E-state index in [0.717, 1.165) is 6.20 Å². The van der Waals surface area contributed by atoms with Crippen molar-refractivity contribution < 1.29 is 21.7 Å². The van der Waals surface area contributed by atoms with E-state index in [9.17, 15) is 17.2 Å². The van der Waals surface area contributed by atoms with Crippen LogP contribution < -0.4 is 0 Å². The molecule has 10 heteroatoms. The standard InChI is InChI=1S/C13H14F2N4O3S/c1-2-11-17-12(22-18-11)10-6-13(14,15)8-19(10)23(20,21)9-4-3-5-16-7-9/h3-5,7,10H,2,6,8H2,1H3/t10-/m0/s1. The molecule has 124 valence electrons. The van der Waals surface area contributed by atoms with Crippen molar-refractivity contribution in [3.8, 4) is 0 Å². The van der Waals surface area contributed by atoms with E-state index in [-0.39, 0.29) is 10.8 Å². The molecular weight excluding hydrogens is 330 g/mol. The molecule has 0 amide bonds. The van der Waals surface area contributed by atoms with Gasteiger partial charge in [-0.1, -0.05) is 12.1 Å². The van der Waals surface area contributed by atoms with Crippen LogP contribution in [0.15, 0.2) is 33.9 Å². The minimum atomic E-state index is -4.14. The Morgan fingerprint density at radius 1 is 1.48 bits per heavy atom. The lowest BCUT2D eigenvalue weighted by Gasteiger charge is -2.20. The Hall–Kier alpha value is -1.94. The van der Waals surface area contributed by atoms with Gasteiger partial charge in [0.05, 0.1) is 6.54 Å². The lowest BCUT2D eigenvalue weighted by molar-refractivity contribution is 0.0166. The fourth-order valence-electron chi connectivity index (χ4n) is 2.43. The van der Waals surface area contributed by atoms with Crippen LogP contribution in [0.1, 0.15) is 31.1 Å². The van der Waals surface area contributed by atoms with Crippen LogP contribution in [0.4, 0.5) is 8.78 Å². The van der Waals surface area contributed by atoms with Crippen LogP contribution in [0.2, 0.25) is 0 Å². The van der Waals surface area contributed by atoms with Crippen molar-refractivity contribution >= 4 is 10.0 Å². The number of nitrogens with zero attached hydrogens (tertiary/aromatic N) is 4. The number of rotatable bonds is 4. The van der Waals surface area contributed by atoms with Gasteiger partial charge in [0, 0.05) is 25.2 Å². The molecule has 0 unspecified atom stereocenters. The van der Waals surface area contributed by atoms with Gasteiger partial charge in [-0.3, -0.25) is 4.98 Å². The van der Waals surface area contributed by atoms with Crippen LogP contribution in [0.3, 0.4) is 0 Å². The highest BCUT2D eigenvalue weighted by Gasteiger charge is 2.52. The highest BCUT2D eigenvalue weighted by molar-refractivity contribution is 7.89. The Morgan fingerprint density at radius 3 is 2.87 bits per heavy atom. The average Bonchev–Trinajstić information content (AvgIpc) is 3.12. The lowest BCUT2D eigenvalue weighted by atomic mass is 10.2. The summed E-state index contributed by atoms with van der Waals surface area (Å²) in [6.07, 6.45) is 2.29. The fraction of sp³-hybridized carbons (Fsp3) is 0.462. The molecule has 0 spiro atoms. The summed E-state index contributed by atoms with van der Waals surface area (Å²) < 4.78 is 58.7. The van der Waals surface area contributed by atoms with Gasteiger partial charge < -0.3 is 4.52 Å². The van der Waals surface area contributed by atoms with Gasteiger partial charge in [0.25, 0.3) is 5.92 Å². The zero-order valence-corrected chi connectivity index (χ0v) is 13.0. The Labute approximate surface area is 131 Å². The molecule has 2 aromatic heterocycles. The summed E-state index contributed by atoms with van der Waals surface area (Å²) in [5.74, 6) is -2.94. The summed E-state index contributed by atoms with van der Waals surface area (Å²) >= 11 is 0. The van der Waals surface area contributed by atoms with E-state index in [4.69, 9.17) is 4.52 Å². The minimum absolute atomic E-state index is 0.119. The van der Waals surface area contributed by atoms with Crippen molar-refractivity contribution in [1.29, 1.82) is 0 Å². The van der Waals surface area contributed by atoms with E-state index in [1.807, 2.05) is 0 Å². The number of pyridine rings is 1. The summed E-state index contributed by atoms with van der Waals surface area (Å²) in [5.41, 5.74) is 0. The van der Waals surface area contributed by atoms with Crippen molar-refractivity contribution in [2.45, 2.75) is 36.6 Å². The van der Waals surface area contributed by atoms with E-state index in [2.05, 4.69) is 15.1 Å². The molecule has 1 aliphatic rings.